The lowest BCUT2D eigenvalue weighted by Gasteiger charge is -2.35. The van der Waals surface area contributed by atoms with Crippen LogP contribution in [0.15, 0.2) is 12.1 Å². The molecule has 0 radical (unpaired) electrons. The lowest BCUT2D eigenvalue weighted by atomic mass is 9.81. The van der Waals surface area contributed by atoms with Crippen LogP contribution < -0.4 is 0 Å². The number of carbonyl (C=O) groups is 3. The third kappa shape index (κ3) is 2.26. The Labute approximate surface area is 133 Å². The van der Waals surface area contributed by atoms with Gasteiger partial charge in [0.15, 0.2) is 5.78 Å². The van der Waals surface area contributed by atoms with Crippen LogP contribution in [-0.4, -0.2) is 46.7 Å². The molecule has 1 spiro atoms. The number of nitrogens with zero attached hydrogens (tertiary/aromatic N) is 2. The fraction of sp³-hybridized carbons (Fsp3) is 0.562. The Bertz CT molecular complexity index is 631. The lowest BCUT2D eigenvalue weighted by Crippen LogP contribution is -2.49. The molecule has 2 heterocycles. The zero-order valence-corrected chi connectivity index (χ0v) is 13.7. The van der Waals surface area contributed by atoms with Crippen LogP contribution in [0.1, 0.15) is 46.7 Å². The summed E-state index contributed by atoms with van der Waals surface area (Å²) in [6, 6.07) is 3.29. The van der Waals surface area contributed by atoms with Gasteiger partial charge in [-0.3, -0.25) is 14.5 Å². The van der Waals surface area contributed by atoms with Gasteiger partial charge in [0.1, 0.15) is 5.54 Å². The zero-order valence-electron chi connectivity index (χ0n) is 12.9. The van der Waals surface area contributed by atoms with Crippen LogP contribution >= 0.6 is 11.3 Å². The summed E-state index contributed by atoms with van der Waals surface area (Å²) in [4.78, 5) is 41.9. The van der Waals surface area contributed by atoms with Crippen molar-refractivity contribution in [2.45, 2.75) is 44.6 Å². The Kier molecular flexibility index (Phi) is 3.80. The molecule has 0 bridgehead atoms. The highest BCUT2D eigenvalue weighted by molar-refractivity contribution is 7.14. The van der Waals surface area contributed by atoms with Gasteiger partial charge >= 0.3 is 6.03 Å². The molecule has 0 aromatic carbocycles. The van der Waals surface area contributed by atoms with Gasteiger partial charge in [-0.2, -0.15) is 0 Å². The van der Waals surface area contributed by atoms with Crippen LogP contribution in [0.4, 0.5) is 4.79 Å². The van der Waals surface area contributed by atoms with Crippen LogP contribution in [0.3, 0.4) is 0 Å². The van der Waals surface area contributed by atoms with E-state index in [1.165, 1.54) is 11.3 Å². The van der Waals surface area contributed by atoms with Gasteiger partial charge in [0.05, 0.1) is 11.4 Å². The first-order valence-electron chi connectivity index (χ1n) is 7.65. The number of urea groups is 1. The molecule has 3 amide bonds. The molecule has 1 saturated carbocycles. The predicted molar refractivity (Wildman–Crippen MR) is 84.1 cm³/mol. The molecular weight excluding hydrogens is 300 g/mol. The van der Waals surface area contributed by atoms with Crippen LogP contribution in [0.2, 0.25) is 0 Å². The minimum atomic E-state index is -0.707. The van der Waals surface area contributed by atoms with Crippen molar-refractivity contribution in [1.82, 2.24) is 9.80 Å². The SMILES string of the molecule is Cc1ccc(C(=O)CN2C(=O)N(C)C3(CCCCC3)C2=O)s1. The molecule has 5 nitrogen and oxygen atoms in total. The molecule has 0 unspecified atom stereocenters. The van der Waals surface area contributed by atoms with Gasteiger partial charge < -0.3 is 4.90 Å². The highest BCUT2D eigenvalue weighted by Gasteiger charge is 2.55. The van der Waals surface area contributed by atoms with Gasteiger partial charge in [-0.05, 0) is 31.9 Å². The normalized spacial score (nSPS) is 21.0. The average Bonchev–Trinajstić information content (AvgIpc) is 3.02. The van der Waals surface area contributed by atoms with E-state index in [1.807, 2.05) is 13.0 Å². The topological polar surface area (TPSA) is 57.7 Å². The zero-order chi connectivity index (χ0) is 15.9. The highest BCUT2D eigenvalue weighted by atomic mass is 32.1. The molecule has 2 aliphatic rings. The van der Waals surface area contributed by atoms with E-state index in [9.17, 15) is 14.4 Å². The average molecular weight is 320 g/mol. The molecule has 0 N–H and O–H groups in total. The van der Waals surface area contributed by atoms with Crippen LogP contribution in [-0.2, 0) is 4.79 Å². The van der Waals surface area contributed by atoms with Crippen molar-refractivity contribution < 1.29 is 14.4 Å². The van der Waals surface area contributed by atoms with Crippen molar-refractivity contribution in [2.24, 2.45) is 0 Å². The molecule has 0 atom stereocenters. The summed E-state index contributed by atoms with van der Waals surface area (Å²) in [5.41, 5.74) is -0.707. The van der Waals surface area contributed by atoms with Crippen molar-refractivity contribution in [1.29, 1.82) is 0 Å². The molecule has 1 aliphatic heterocycles. The molecule has 1 aromatic heterocycles. The Balaban J connectivity index is 1.81. The van der Waals surface area contributed by atoms with E-state index >= 15 is 0 Å². The standard InChI is InChI=1S/C16H20N2O3S/c1-11-6-7-13(22-11)12(19)10-18-14(20)16(17(2)15(18)21)8-4-3-5-9-16/h6-7H,3-5,8-10H2,1-2H3. The van der Waals surface area contributed by atoms with Crippen molar-refractivity contribution in [2.75, 3.05) is 13.6 Å². The van der Waals surface area contributed by atoms with E-state index in [-0.39, 0.29) is 24.3 Å². The summed E-state index contributed by atoms with van der Waals surface area (Å²) in [5.74, 6) is -0.359. The van der Waals surface area contributed by atoms with E-state index in [2.05, 4.69) is 0 Å². The van der Waals surface area contributed by atoms with Crippen LogP contribution in [0, 0.1) is 6.92 Å². The summed E-state index contributed by atoms with van der Waals surface area (Å²) in [6.07, 6.45) is 4.42. The number of likely N-dealkylation sites (N-methyl/N-ethyl adjacent to an activating group) is 1. The Morgan fingerprint density at radius 3 is 2.50 bits per heavy atom. The maximum Gasteiger partial charge on any atom is 0.327 e. The second-order valence-electron chi connectivity index (χ2n) is 6.16. The van der Waals surface area contributed by atoms with Gasteiger partial charge in [0.2, 0.25) is 0 Å². The third-order valence-electron chi connectivity index (χ3n) is 4.80. The third-order valence-corrected chi connectivity index (χ3v) is 5.84. The lowest BCUT2D eigenvalue weighted by molar-refractivity contribution is -0.134. The van der Waals surface area contributed by atoms with Crippen molar-refractivity contribution in [3.8, 4) is 0 Å². The monoisotopic (exact) mass is 320 g/mol. The Morgan fingerprint density at radius 1 is 1.23 bits per heavy atom. The second-order valence-corrected chi connectivity index (χ2v) is 7.45. The van der Waals surface area contributed by atoms with Gasteiger partial charge in [-0.25, -0.2) is 4.79 Å². The van der Waals surface area contributed by atoms with E-state index in [0.29, 0.717) is 17.7 Å². The van der Waals surface area contributed by atoms with Crippen molar-refractivity contribution in [3.63, 3.8) is 0 Å². The smallest absolute Gasteiger partial charge is 0.313 e. The first-order chi connectivity index (χ1) is 10.5. The number of Topliss-reactive ketones (excluding diaryl/α,β-unsaturated/α-hetero) is 1. The summed E-state index contributed by atoms with van der Waals surface area (Å²) in [7, 11) is 1.69. The number of ketones is 1. The molecule has 6 heteroatoms. The Hall–Kier alpha value is -1.69. The maximum absolute atomic E-state index is 12.8. The molecule has 118 valence electrons. The number of rotatable bonds is 3. The molecule has 1 aliphatic carbocycles. The quantitative estimate of drug-likeness (QED) is 0.635. The molecule has 1 saturated heterocycles. The first kappa shape index (κ1) is 15.2. The molecule has 22 heavy (non-hydrogen) atoms. The van der Waals surface area contributed by atoms with E-state index in [1.54, 1.807) is 18.0 Å². The highest BCUT2D eigenvalue weighted by Crippen LogP contribution is 2.39. The number of imide groups is 1. The largest absolute Gasteiger partial charge is 0.327 e. The summed E-state index contributed by atoms with van der Waals surface area (Å²) >= 11 is 1.40. The van der Waals surface area contributed by atoms with Gasteiger partial charge in [0.25, 0.3) is 5.91 Å². The fourth-order valence-corrected chi connectivity index (χ4v) is 4.27. The van der Waals surface area contributed by atoms with E-state index < -0.39 is 5.54 Å². The minimum absolute atomic E-state index is 0.149. The number of hydrogen-bond acceptors (Lipinski definition) is 4. The number of amides is 3. The molecule has 2 fully saturated rings. The van der Waals surface area contributed by atoms with Gasteiger partial charge in [-0.1, -0.05) is 19.3 Å². The summed E-state index contributed by atoms with van der Waals surface area (Å²) in [5, 5.41) is 0. The van der Waals surface area contributed by atoms with Crippen molar-refractivity contribution in [3.05, 3.63) is 21.9 Å². The van der Waals surface area contributed by atoms with Gasteiger partial charge in [0, 0.05) is 11.9 Å². The minimum Gasteiger partial charge on any atom is -0.313 e. The summed E-state index contributed by atoms with van der Waals surface area (Å²) < 4.78 is 0. The summed E-state index contributed by atoms with van der Waals surface area (Å²) in [6.45, 7) is 1.78. The number of hydrogen-bond donors (Lipinski definition) is 0. The number of aryl methyl sites for hydroxylation is 1. The molecule has 1 aromatic rings. The molecular formula is C16H20N2O3S. The van der Waals surface area contributed by atoms with Crippen LogP contribution in [0.25, 0.3) is 0 Å². The maximum atomic E-state index is 12.8. The van der Waals surface area contributed by atoms with E-state index in [0.717, 1.165) is 29.0 Å². The van der Waals surface area contributed by atoms with E-state index in [4.69, 9.17) is 0 Å². The second kappa shape index (κ2) is 5.50. The predicted octanol–water partition coefficient (Wildman–Crippen LogP) is 2.84. The first-order valence-corrected chi connectivity index (χ1v) is 8.47. The van der Waals surface area contributed by atoms with Gasteiger partial charge in [-0.15, -0.1) is 11.3 Å². The fourth-order valence-electron chi connectivity index (χ4n) is 3.48. The molecule has 3 rings (SSSR count). The van der Waals surface area contributed by atoms with Crippen LogP contribution in [0.5, 0.6) is 0 Å². The Morgan fingerprint density at radius 2 is 1.91 bits per heavy atom. The number of carbonyl (C=O) groups excluding carboxylic acids is 3. The van der Waals surface area contributed by atoms with Crippen molar-refractivity contribution >= 4 is 29.1 Å². The number of thiophene rings is 1.